The average Bonchev–Trinajstić information content (AvgIpc) is 2.11. The second kappa shape index (κ2) is 4.07. The zero-order chi connectivity index (χ0) is 9.68. The molecule has 0 aliphatic carbocycles. The van der Waals surface area contributed by atoms with Crippen molar-refractivity contribution in [1.29, 1.82) is 5.26 Å². The van der Waals surface area contributed by atoms with Crippen LogP contribution >= 0.6 is 0 Å². The third kappa shape index (κ3) is 2.45. The number of H-pyrrole nitrogens is 2. The molecule has 0 unspecified atom stereocenters. The Morgan fingerprint density at radius 3 is 2.92 bits per heavy atom. The summed E-state index contributed by atoms with van der Waals surface area (Å²) in [6.45, 7) is 0. The zero-order valence-electron chi connectivity index (χ0n) is 6.70. The Bertz CT molecular complexity index is 461. The van der Waals surface area contributed by atoms with Gasteiger partial charge in [-0.2, -0.15) is 5.26 Å². The third-order valence-electron chi connectivity index (χ3n) is 1.35. The van der Waals surface area contributed by atoms with E-state index in [9.17, 15) is 9.59 Å². The molecule has 66 valence electrons. The normalized spacial score (nSPS) is 10.1. The zero-order valence-corrected chi connectivity index (χ0v) is 6.70. The molecule has 2 N–H and O–H groups in total. The lowest BCUT2D eigenvalue weighted by Crippen LogP contribution is -2.19. The molecule has 1 aromatic rings. The Hall–Kier alpha value is -2.09. The van der Waals surface area contributed by atoms with Crippen LogP contribution in [0.15, 0.2) is 21.7 Å². The van der Waals surface area contributed by atoms with E-state index < -0.39 is 0 Å². The van der Waals surface area contributed by atoms with Crippen molar-refractivity contribution in [2.45, 2.75) is 6.42 Å². The molecular weight excluding hydrogens is 170 g/mol. The van der Waals surface area contributed by atoms with E-state index in [1.807, 2.05) is 6.07 Å². The molecule has 0 fully saturated rings. The summed E-state index contributed by atoms with van der Waals surface area (Å²) in [6.07, 6.45) is 3.17. The Labute approximate surface area is 73.3 Å². The highest BCUT2D eigenvalue weighted by atomic mass is 16.1. The van der Waals surface area contributed by atoms with Crippen LogP contribution < -0.4 is 11.1 Å². The van der Waals surface area contributed by atoms with Gasteiger partial charge in [0.15, 0.2) is 0 Å². The van der Waals surface area contributed by atoms with E-state index >= 15 is 0 Å². The van der Waals surface area contributed by atoms with Crippen LogP contribution in [0.1, 0.15) is 12.0 Å². The summed E-state index contributed by atoms with van der Waals surface area (Å²) in [5.74, 6) is 0. The van der Waals surface area contributed by atoms with Crippen LogP contribution in [-0.4, -0.2) is 10.2 Å². The van der Waals surface area contributed by atoms with Crippen molar-refractivity contribution in [2.75, 3.05) is 0 Å². The maximum Gasteiger partial charge on any atom is 0.269 e. The number of aromatic amines is 2. The monoisotopic (exact) mass is 177 g/mol. The van der Waals surface area contributed by atoms with Gasteiger partial charge < -0.3 is 0 Å². The number of hydrogen-bond donors (Lipinski definition) is 2. The van der Waals surface area contributed by atoms with Gasteiger partial charge >= 0.3 is 0 Å². The second-order valence-electron chi connectivity index (χ2n) is 2.31. The van der Waals surface area contributed by atoms with Crippen LogP contribution in [0.5, 0.6) is 0 Å². The van der Waals surface area contributed by atoms with Crippen molar-refractivity contribution < 1.29 is 0 Å². The summed E-state index contributed by atoms with van der Waals surface area (Å²) in [5, 5.41) is 12.5. The first-order valence-electron chi connectivity index (χ1n) is 3.59. The molecule has 0 saturated heterocycles. The lowest BCUT2D eigenvalue weighted by Gasteiger charge is -1.88. The fraction of sp³-hybridized carbons (Fsp3) is 0.125. The first-order chi connectivity index (χ1) is 6.24. The molecule has 1 heterocycles. The number of nitrogens with zero attached hydrogens (tertiary/aromatic N) is 1. The van der Waals surface area contributed by atoms with Gasteiger partial charge in [0.1, 0.15) is 0 Å². The van der Waals surface area contributed by atoms with E-state index in [0.29, 0.717) is 0 Å². The topological polar surface area (TPSA) is 89.5 Å². The van der Waals surface area contributed by atoms with Crippen molar-refractivity contribution in [1.82, 2.24) is 10.2 Å². The molecule has 0 amide bonds. The molecule has 13 heavy (non-hydrogen) atoms. The number of nitrogens with one attached hydrogen (secondary N) is 2. The van der Waals surface area contributed by atoms with Gasteiger partial charge in [-0.25, -0.2) is 0 Å². The quantitative estimate of drug-likeness (QED) is 0.665. The molecule has 1 rings (SSSR count). The molecule has 0 aromatic carbocycles. The number of rotatable bonds is 2. The van der Waals surface area contributed by atoms with Crippen LogP contribution in [-0.2, 0) is 0 Å². The SMILES string of the molecule is N#CCC=Cc1cc(=O)[nH][nH]c1=O. The van der Waals surface area contributed by atoms with E-state index in [4.69, 9.17) is 5.26 Å². The van der Waals surface area contributed by atoms with Crippen LogP contribution in [0, 0.1) is 11.3 Å². The van der Waals surface area contributed by atoms with Gasteiger partial charge in [-0.3, -0.25) is 19.8 Å². The van der Waals surface area contributed by atoms with Gasteiger partial charge in [-0.15, -0.1) is 0 Å². The fourth-order valence-corrected chi connectivity index (χ4v) is 0.796. The molecule has 0 atom stereocenters. The minimum atomic E-state index is -0.381. The van der Waals surface area contributed by atoms with E-state index in [1.165, 1.54) is 18.2 Å². The van der Waals surface area contributed by atoms with Crippen molar-refractivity contribution in [3.63, 3.8) is 0 Å². The van der Waals surface area contributed by atoms with Gasteiger partial charge in [0.05, 0.1) is 12.5 Å². The Morgan fingerprint density at radius 1 is 1.46 bits per heavy atom. The molecule has 5 nitrogen and oxygen atoms in total. The maximum absolute atomic E-state index is 11.0. The highest BCUT2D eigenvalue weighted by Gasteiger charge is 1.94. The lowest BCUT2D eigenvalue weighted by atomic mass is 10.2. The molecule has 0 bridgehead atoms. The molecule has 5 heteroatoms. The summed E-state index contributed by atoms with van der Waals surface area (Å²) < 4.78 is 0. The standard InChI is InChI=1S/C8H7N3O2/c9-4-2-1-3-6-5-7(12)10-11-8(6)13/h1,3,5H,2H2,(H,10,12)(H,11,13). The number of hydrogen-bond acceptors (Lipinski definition) is 3. The van der Waals surface area contributed by atoms with E-state index in [1.54, 1.807) is 0 Å². The predicted octanol–water partition coefficient (Wildman–Crippen LogP) is -0.00992. The number of aromatic nitrogens is 2. The van der Waals surface area contributed by atoms with Crippen LogP contribution in [0.4, 0.5) is 0 Å². The summed E-state index contributed by atoms with van der Waals surface area (Å²) in [4.78, 5) is 21.8. The van der Waals surface area contributed by atoms with Crippen molar-refractivity contribution in [3.05, 3.63) is 38.4 Å². The fourth-order valence-electron chi connectivity index (χ4n) is 0.796. The van der Waals surface area contributed by atoms with Gasteiger partial charge in [-0.1, -0.05) is 12.2 Å². The molecule has 0 saturated carbocycles. The second-order valence-corrected chi connectivity index (χ2v) is 2.31. The van der Waals surface area contributed by atoms with E-state index in [2.05, 4.69) is 10.2 Å². The van der Waals surface area contributed by atoms with E-state index in [0.717, 1.165) is 0 Å². The van der Waals surface area contributed by atoms with Gasteiger partial charge in [0, 0.05) is 11.6 Å². The lowest BCUT2D eigenvalue weighted by molar-refractivity contribution is 0.947. The Balaban J connectivity index is 3.02. The minimum absolute atomic E-state index is 0.215. The Kier molecular flexibility index (Phi) is 2.82. The minimum Gasteiger partial charge on any atom is -0.268 e. The number of nitriles is 1. The predicted molar refractivity (Wildman–Crippen MR) is 46.9 cm³/mol. The highest BCUT2D eigenvalue weighted by Crippen LogP contribution is 1.90. The van der Waals surface area contributed by atoms with Crippen molar-refractivity contribution in [3.8, 4) is 6.07 Å². The summed E-state index contributed by atoms with van der Waals surface area (Å²) in [7, 11) is 0. The highest BCUT2D eigenvalue weighted by molar-refractivity contribution is 5.47. The summed E-state index contributed by atoms with van der Waals surface area (Å²) >= 11 is 0. The molecule has 0 radical (unpaired) electrons. The first kappa shape index (κ1) is 9.00. The van der Waals surface area contributed by atoms with Gasteiger partial charge in [-0.05, 0) is 0 Å². The maximum atomic E-state index is 11.0. The van der Waals surface area contributed by atoms with Crippen molar-refractivity contribution in [2.24, 2.45) is 0 Å². The first-order valence-corrected chi connectivity index (χ1v) is 3.59. The molecule has 0 spiro atoms. The van der Waals surface area contributed by atoms with Crippen molar-refractivity contribution >= 4 is 6.08 Å². The smallest absolute Gasteiger partial charge is 0.268 e. The molecule has 1 aromatic heterocycles. The molecule has 0 aliphatic heterocycles. The summed E-state index contributed by atoms with van der Waals surface area (Å²) in [6, 6.07) is 3.06. The molecule has 0 aliphatic rings. The summed E-state index contributed by atoms with van der Waals surface area (Å²) in [5.41, 5.74) is -0.510. The van der Waals surface area contributed by atoms with Gasteiger partial charge in [0.25, 0.3) is 11.1 Å². The average molecular weight is 177 g/mol. The number of allylic oxidation sites excluding steroid dienone is 1. The van der Waals surface area contributed by atoms with Crippen LogP contribution in [0.3, 0.4) is 0 Å². The van der Waals surface area contributed by atoms with Crippen LogP contribution in [0.2, 0.25) is 0 Å². The van der Waals surface area contributed by atoms with Crippen LogP contribution in [0.25, 0.3) is 6.08 Å². The largest absolute Gasteiger partial charge is 0.269 e. The third-order valence-corrected chi connectivity index (χ3v) is 1.35. The van der Waals surface area contributed by atoms with E-state index in [-0.39, 0.29) is 23.1 Å². The Morgan fingerprint density at radius 2 is 2.23 bits per heavy atom. The molecular formula is C8H7N3O2. The van der Waals surface area contributed by atoms with Gasteiger partial charge in [0.2, 0.25) is 0 Å².